The summed E-state index contributed by atoms with van der Waals surface area (Å²) in [5, 5.41) is 20.6. The van der Waals surface area contributed by atoms with Crippen LogP contribution in [0.4, 0.5) is 0 Å². The largest absolute Gasteiger partial charge is 0.353 e. The van der Waals surface area contributed by atoms with Crippen LogP contribution in [0.3, 0.4) is 0 Å². The van der Waals surface area contributed by atoms with Crippen LogP contribution >= 0.6 is 0 Å². The minimum atomic E-state index is 0.137. The Morgan fingerprint density at radius 2 is 1.89 bits per heavy atom. The molecule has 28 heavy (non-hydrogen) atoms. The van der Waals surface area contributed by atoms with Gasteiger partial charge in [0.1, 0.15) is 0 Å². The van der Waals surface area contributed by atoms with E-state index in [9.17, 15) is 4.79 Å². The van der Waals surface area contributed by atoms with Crippen LogP contribution in [0.25, 0.3) is 11.5 Å². The van der Waals surface area contributed by atoms with E-state index in [-0.39, 0.29) is 5.91 Å². The van der Waals surface area contributed by atoms with E-state index >= 15 is 0 Å². The van der Waals surface area contributed by atoms with Crippen LogP contribution in [0.2, 0.25) is 0 Å². The topological polar surface area (TPSA) is 90.0 Å². The first-order chi connectivity index (χ1) is 13.5. The molecule has 1 saturated carbocycles. The van der Waals surface area contributed by atoms with Gasteiger partial charge in [-0.2, -0.15) is 9.61 Å². The molecule has 8 nitrogen and oxygen atoms in total. The Labute approximate surface area is 164 Å². The van der Waals surface area contributed by atoms with Crippen LogP contribution in [0.5, 0.6) is 0 Å². The van der Waals surface area contributed by atoms with Gasteiger partial charge in [0.15, 0.2) is 17.3 Å². The molecule has 0 saturated heterocycles. The SMILES string of the molecule is Cc1nn(-c2ccc3nnc(C)n3n2)c(C)c1CCC(=O)NC1CCCCC1. The van der Waals surface area contributed by atoms with E-state index in [1.165, 1.54) is 19.3 Å². The van der Waals surface area contributed by atoms with Crippen molar-refractivity contribution in [1.82, 2.24) is 34.9 Å². The van der Waals surface area contributed by atoms with Gasteiger partial charge in [-0.3, -0.25) is 4.79 Å². The van der Waals surface area contributed by atoms with Crippen LogP contribution in [-0.2, 0) is 11.2 Å². The summed E-state index contributed by atoms with van der Waals surface area (Å²) < 4.78 is 3.55. The zero-order chi connectivity index (χ0) is 19.7. The minimum Gasteiger partial charge on any atom is -0.353 e. The summed E-state index contributed by atoms with van der Waals surface area (Å²) in [6, 6.07) is 4.13. The quantitative estimate of drug-likeness (QED) is 0.734. The van der Waals surface area contributed by atoms with Gasteiger partial charge in [0.05, 0.1) is 5.69 Å². The predicted molar refractivity (Wildman–Crippen MR) is 105 cm³/mol. The maximum Gasteiger partial charge on any atom is 0.220 e. The van der Waals surface area contributed by atoms with E-state index in [4.69, 9.17) is 0 Å². The van der Waals surface area contributed by atoms with Crippen molar-refractivity contribution in [2.24, 2.45) is 0 Å². The number of nitrogens with zero attached hydrogens (tertiary/aromatic N) is 6. The van der Waals surface area contributed by atoms with Gasteiger partial charge in [-0.05, 0) is 57.7 Å². The number of carbonyl (C=O) groups excluding carboxylic acids is 1. The van der Waals surface area contributed by atoms with Gasteiger partial charge in [0.2, 0.25) is 5.91 Å². The summed E-state index contributed by atoms with van der Waals surface area (Å²) in [6.45, 7) is 5.88. The second-order valence-corrected chi connectivity index (χ2v) is 7.67. The number of nitrogens with one attached hydrogen (secondary N) is 1. The molecule has 0 spiro atoms. The number of fused-ring (bicyclic) bond motifs is 1. The standard InChI is InChI=1S/C20H27N7O/c1-13-17(9-12-20(28)21-16-7-5-4-6-8-16)14(2)26(24-13)19-11-10-18-23-22-15(3)27(18)25-19/h10-11,16H,4-9,12H2,1-3H3,(H,21,28). The Morgan fingerprint density at radius 1 is 1.11 bits per heavy atom. The Balaban J connectivity index is 1.48. The molecule has 1 amide bonds. The van der Waals surface area contributed by atoms with Gasteiger partial charge in [0, 0.05) is 18.2 Å². The van der Waals surface area contributed by atoms with E-state index in [1.54, 1.807) is 4.52 Å². The first kappa shape index (κ1) is 18.6. The molecule has 148 valence electrons. The molecular formula is C20H27N7O. The third-order valence-electron chi connectivity index (χ3n) is 5.64. The molecular weight excluding hydrogens is 354 g/mol. The predicted octanol–water partition coefficient (Wildman–Crippen LogP) is 2.62. The molecule has 0 unspecified atom stereocenters. The van der Waals surface area contributed by atoms with E-state index in [1.807, 2.05) is 37.6 Å². The number of carbonyl (C=O) groups is 1. The molecule has 3 aromatic heterocycles. The van der Waals surface area contributed by atoms with Crippen LogP contribution in [-0.4, -0.2) is 41.5 Å². The molecule has 1 fully saturated rings. The number of aryl methyl sites for hydroxylation is 2. The zero-order valence-corrected chi connectivity index (χ0v) is 16.8. The van der Waals surface area contributed by atoms with Crippen LogP contribution < -0.4 is 5.32 Å². The number of rotatable bonds is 5. The lowest BCUT2D eigenvalue weighted by molar-refractivity contribution is -0.121. The molecule has 0 bridgehead atoms. The van der Waals surface area contributed by atoms with Crippen molar-refractivity contribution in [2.75, 3.05) is 0 Å². The van der Waals surface area contributed by atoms with Gasteiger partial charge in [0.25, 0.3) is 0 Å². The van der Waals surface area contributed by atoms with Gasteiger partial charge in [-0.25, -0.2) is 4.68 Å². The van der Waals surface area contributed by atoms with Crippen LogP contribution in [0.15, 0.2) is 12.1 Å². The molecule has 0 atom stereocenters. The Kier molecular flexibility index (Phi) is 5.11. The van der Waals surface area contributed by atoms with Crippen LogP contribution in [0, 0.1) is 20.8 Å². The number of hydrogen-bond donors (Lipinski definition) is 1. The minimum absolute atomic E-state index is 0.137. The van der Waals surface area contributed by atoms with Crippen molar-refractivity contribution in [3.63, 3.8) is 0 Å². The number of aromatic nitrogens is 6. The van der Waals surface area contributed by atoms with E-state index in [2.05, 4.69) is 25.7 Å². The van der Waals surface area contributed by atoms with Crippen molar-refractivity contribution < 1.29 is 4.79 Å². The summed E-state index contributed by atoms with van der Waals surface area (Å²) in [5.41, 5.74) is 3.77. The highest BCUT2D eigenvalue weighted by molar-refractivity contribution is 5.76. The van der Waals surface area contributed by atoms with Gasteiger partial charge >= 0.3 is 0 Å². The molecule has 1 aliphatic carbocycles. The normalized spacial score (nSPS) is 15.2. The molecule has 0 aliphatic heterocycles. The third-order valence-corrected chi connectivity index (χ3v) is 5.64. The number of amides is 1. The van der Waals surface area contributed by atoms with Crippen molar-refractivity contribution in [3.8, 4) is 5.82 Å². The smallest absolute Gasteiger partial charge is 0.220 e. The first-order valence-electron chi connectivity index (χ1n) is 10.1. The fourth-order valence-corrected chi connectivity index (χ4v) is 4.04. The summed E-state index contributed by atoms with van der Waals surface area (Å²) in [4.78, 5) is 12.4. The first-order valence-corrected chi connectivity index (χ1v) is 10.1. The Morgan fingerprint density at radius 3 is 2.68 bits per heavy atom. The molecule has 1 N–H and O–H groups in total. The van der Waals surface area contributed by atoms with E-state index in [0.717, 1.165) is 35.6 Å². The zero-order valence-electron chi connectivity index (χ0n) is 16.8. The lowest BCUT2D eigenvalue weighted by Gasteiger charge is -2.22. The second-order valence-electron chi connectivity index (χ2n) is 7.67. The summed E-state index contributed by atoms with van der Waals surface area (Å²) in [7, 11) is 0. The average molecular weight is 381 g/mol. The molecule has 0 aromatic carbocycles. The summed E-state index contributed by atoms with van der Waals surface area (Å²) in [5.74, 6) is 1.59. The van der Waals surface area contributed by atoms with Crippen molar-refractivity contribution >= 4 is 11.6 Å². The fraction of sp³-hybridized carbons (Fsp3) is 0.550. The number of hydrogen-bond acceptors (Lipinski definition) is 5. The third kappa shape index (κ3) is 3.63. The summed E-state index contributed by atoms with van der Waals surface area (Å²) >= 11 is 0. The van der Waals surface area contributed by atoms with Gasteiger partial charge in [-0.15, -0.1) is 15.3 Å². The molecule has 3 aromatic rings. The van der Waals surface area contributed by atoms with Crippen molar-refractivity contribution in [3.05, 3.63) is 34.9 Å². The second kappa shape index (κ2) is 7.69. The van der Waals surface area contributed by atoms with E-state index < -0.39 is 0 Å². The molecule has 1 aliphatic rings. The summed E-state index contributed by atoms with van der Waals surface area (Å²) in [6.07, 6.45) is 7.12. The average Bonchev–Trinajstić information content (AvgIpc) is 3.20. The molecule has 8 heteroatoms. The Hall–Kier alpha value is -2.77. The maximum atomic E-state index is 12.4. The lowest BCUT2D eigenvalue weighted by atomic mass is 9.95. The monoisotopic (exact) mass is 381 g/mol. The molecule has 4 rings (SSSR count). The molecule has 3 heterocycles. The fourth-order valence-electron chi connectivity index (χ4n) is 4.04. The van der Waals surface area contributed by atoms with Crippen LogP contribution in [0.1, 0.15) is 61.3 Å². The highest BCUT2D eigenvalue weighted by Crippen LogP contribution is 2.20. The van der Waals surface area contributed by atoms with Gasteiger partial charge in [-0.1, -0.05) is 19.3 Å². The lowest BCUT2D eigenvalue weighted by Crippen LogP contribution is -2.36. The van der Waals surface area contributed by atoms with Gasteiger partial charge < -0.3 is 5.32 Å². The highest BCUT2D eigenvalue weighted by atomic mass is 16.1. The van der Waals surface area contributed by atoms with Crippen molar-refractivity contribution in [1.29, 1.82) is 0 Å². The maximum absolute atomic E-state index is 12.4. The Bertz CT molecular complexity index is 998. The van der Waals surface area contributed by atoms with E-state index in [0.29, 0.717) is 30.3 Å². The highest BCUT2D eigenvalue weighted by Gasteiger charge is 2.18. The van der Waals surface area contributed by atoms with Crippen molar-refractivity contribution in [2.45, 2.75) is 71.8 Å². The molecule has 0 radical (unpaired) electrons.